The average Bonchev–Trinajstić information content (AvgIpc) is 3.71. The normalized spacial score (nSPS) is 13.7. The number of fused-ring (bicyclic) bond motifs is 3. The fourth-order valence-electron chi connectivity index (χ4n) is 5.31. The smallest absolute Gasteiger partial charge is 0.226 e. The molecule has 11 nitrogen and oxygen atoms in total. The van der Waals surface area contributed by atoms with Crippen LogP contribution in [0.4, 0.5) is 0 Å². The first-order chi connectivity index (χ1) is 20.3. The molecule has 4 aromatic heterocycles. The Kier molecular flexibility index (Phi) is 7.58. The Morgan fingerprint density at radius 2 is 1.81 bits per heavy atom. The molecule has 1 aliphatic rings. The lowest BCUT2D eigenvalue weighted by Crippen LogP contribution is -2.22. The molecule has 0 N–H and O–H groups in total. The molecule has 0 atom stereocenters. The highest BCUT2D eigenvalue weighted by atomic mass is 28.3. The fraction of sp³-hybridized carbons (Fsp3) is 0.433. The number of methoxy groups -OCH3 is 3. The largest absolute Gasteiger partial charge is 0.497 e. The molecule has 1 fully saturated rings. The van der Waals surface area contributed by atoms with Gasteiger partial charge in [-0.3, -0.25) is 0 Å². The number of hydrogen-bond acceptors (Lipinski definition) is 9. The van der Waals surface area contributed by atoms with Crippen LogP contribution in [-0.2, 0) is 18.0 Å². The number of ether oxygens (including phenoxy) is 4. The first kappa shape index (κ1) is 28.1. The quantitative estimate of drug-likeness (QED) is 0.138. The molecule has 0 spiro atoms. The molecule has 220 valence electrons. The first-order valence-electron chi connectivity index (χ1n) is 14.2. The Morgan fingerprint density at radius 3 is 2.52 bits per heavy atom. The van der Waals surface area contributed by atoms with E-state index < -0.39 is 8.07 Å². The summed E-state index contributed by atoms with van der Waals surface area (Å²) in [6.07, 6.45) is 7.16. The standard InChI is InChI=1S/C30H37N7O4Si/c1-38-21-10-9-20(23(13-21)39-2)15-36-28-22(14-31-16-33-28)24-27(25-26(19-7-8-19)32-17-34-29(25)40-3)35-37(30(24)36)18-41-11-12-42(4,5)6/h9-10,13-14,16-17,19H,7-8,11-12,15,18H2,1-6H3. The lowest BCUT2D eigenvalue weighted by Gasteiger charge is -2.16. The predicted molar refractivity (Wildman–Crippen MR) is 163 cm³/mol. The minimum Gasteiger partial charge on any atom is -0.497 e. The van der Waals surface area contributed by atoms with Gasteiger partial charge in [0, 0.05) is 43.8 Å². The van der Waals surface area contributed by atoms with Crippen molar-refractivity contribution in [2.45, 2.75) is 57.7 Å². The molecule has 0 amide bonds. The molecule has 4 heterocycles. The van der Waals surface area contributed by atoms with Crippen LogP contribution in [0.15, 0.2) is 37.1 Å². The maximum atomic E-state index is 6.26. The third kappa shape index (κ3) is 5.31. The van der Waals surface area contributed by atoms with Crippen LogP contribution in [0.1, 0.15) is 30.0 Å². The van der Waals surface area contributed by atoms with Gasteiger partial charge < -0.3 is 23.5 Å². The van der Waals surface area contributed by atoms with E-state index in [4.69, 9.17) is 34.0 Å². The summed E-state index contributed by atoms with van der Waals surface area (Å²) >= 11 is 0. The van der Waals surface area contributed by atoms with E-state index >= 15 is 0 Å². The van der Waals surface area contributed by atoms with E-state index in [1.165, 1.54) is 0 Å². The molecule has 0 saturated heterocycles. The van der Waals surface area contributed by atoms with Gasteiger partial charge in [0.15, 0.2) is 0 Å². The fourth-order valence-corrected chi connectivity index (χ4v) is 6.07. The Morgan fingerprint density at radius 1 is 0.976 bits per heavy atom. The second-order valence-electron chi connectivity index (χ2n) is 11.8. The summed E-state index contributed by atoms with van der Waals surface area (Å²) in [5.74, 6) is 2.32. The average molecular weight is 588 g/mol. The zero-order valence-electron chi connectivity index (χ0n) is 25.0. The van der Waals surface area contributed by atoms with Crippen LogP contribution in [0.3, 0.4) is 0 Å². The number of hydrogen-bond donors (Lipinski definition) is 0. The second kappa shape index (κ2) is 11.3. The highest BCUT2D eigenvalue weighted by molar-refractivity contribution is 6.76. The SMILES string of the molecule is COc1ccc(Cn2c3ncncc3c3c(-c4c(OC)ncnc4C4CC4)nn(COCC[Si](C)(C)C)c32)c(OC)c1. The number of benzene rings is 1. The van der Waals surface area contributed by atoms with Crippen LogP contribution < -0.4 is 14.2 Å². The van der Waals surface area contributed by atoms with E-state index in [0.717, 1.165) is 75.0 Å². The molecule has 42 heavy (non-hydrogen) atoms. The Hall–Kier alpha value is -4.03. The summed E-state index contributed by atoms with van der Waals surface area (Å²) < 4.78 is 27.3. The van der Waals surface area contributed by atoms with Crippen molar-refractivity contribution in [3.05, 3.63) is 48.3 Å². The van der Waals surface area contributed by atoms with Gasteiger partial charge in [-0.1, -0.05) is 19.6 Å². The molecule has 0 bridgehead atoms. The molecular weight excluding hydrogens is 550 g/mol. The van der Waals surface area contributed by atoms with Crippen molar-refractivity contribution in [2.75, 3.05) is 27.9 Å². The van der Waals surface area contributed by atoms with Crippen molar-refractivity contribution in [3.8, 4) is 28.6 Å². The van der Waals surface area contributed by atoms with E-state index in [2.05, 4.69) is 34.2 Å². The predicted octanol–water partition coefficient (Wildman–Crippen LogP) is 5.50. The summed E-state index contributed by atoms with van der Waals surface area (Å²) in [5, 5.41) is 6.97. The zero-order chi connectivity index (χ0) is 29.4. The topological polar surface area (TPSA) is 111 Å². The van der Waals surface area contributed by atoms with Crippen LogP contribution >= 0.6 is 0 Å². The summed E-state index contributed by atoms with van der Waals surface area (Å²) in [6, 6.07) is 6.91. The van der Waals surface area contributed by atoms with Gasteiger partial charge in [-0.2, -0.15) is 5.10 Å². The molecular formula is C30H37N7O4Si. The molecule has 12 heteroatoms. The third-order valence-corrected chi connectivity index (χ3v) is 9.37. The van der Waals surface area contributed by atoms with Crippen molar-refractivity contribution in [1.82, 2.24) is 34.3 Å². The van der Waals surface area contributed by atoms with Gasteiger partial charge in [0.1, 0.15) is 47.9 Å². The van der Waals surface area contributed by atoms with Gasteiger partial charge >= 0.3 is 0 Å². The highest BCUT2D eigenvalue weighted by Crippen LogP contribution is 2.47. The van der Waals surface area contributed by atoms with Gasteiger partial charge in [-0.05, 0) is 31.0 Å². The maximum Gasteiger partial charge on any atom is 0.226 e. The van der Waals surface area contributed by atoms with Gasteiger partial charge in [-0.15, -0.1) is 0 Å². The van der Waals surface area contributed by atoms with E-state index in [-0.39, 0.29) is 0 Å². The Bertz CT molecular complexity index is 1740. The molecule has 0 radical (unpaired) electrons. The number of rotatable bonds is 12. The molecule has 1 aromatic carbocycles. The Labute approximate surface area is 245 Å². The molecule has 0 aliphatic heterocycles. The first-order valence-corrected chi connectivity index (χ1v) is 17.9. The molecule has 6 rings (SSSR count). The van der Waals surface area contributed by atoms with Crippen LogP contribution in [0.25, 0.3) is 33.3 Å². The van der Waals surface area contributed by atoms with Crippen molar-refractivity contribution < 1.29 is 18.9 Å². The number of aromatic nitrogens is 7. The van der Waals surface area contributed by atoms with Gasteiger partial charge in [0.05, 0.1) is 44.5 Å². The van der Waals surface area contributed by atoms with Crippen LogP contribution in [-0.4, -0.2) is 70.3 Å². The minimum absolute atomic E-state index is 0.291. The summed E-state index contributed by atoms with van der Waals surface area (Å²) in [6.45, 7) is 8.49. The van der Waals surface area contributed by atoms with E-state index in [1.807, 2.05) is 29.1 Å². The zero-order valence-corrected chi connectivity index (χ0v) is 26.0. The maximum absolute atomic E-state index is 6.26. The lowest BCUT2D eigenvalue weighted by atomic mass is 10.1. The van der Waals surface area contributed by atoms with Crippen molar-refractivity contribution in [2.24, 2.45) is 0 Å². The third-order valence-electron chi connectivity index (χ3n) is 7.67. The molecule has 1 saturated carbocycles. The lowest BCUT2D eigenvalue weighted by molar-refractivity contribution is 0.0811. The van der Waals surface area contributed by atoms with Crippen LogP contribution in [0.5, 0.6) is 17.4 Å². The van der Waals surface area contributed by atoms with Crippen molar-refractivity contribution in [3.63, 3.8) is 0 Å². The summed E-state index contributed by atoms with van der Waals surface area (Å²) in [4.78, 5) is 18.3. The van der Waals surface area contributed by atoms with Gasteiger partial charge in [-0.25, -0.2) is 24.6 Å². The van der Waals surface area contributed by atoms with Gasteiger partial charge in [0.2, 0.25) is 5.88 Å². The summed E-state index contributed by atoms with van der Waals surface area (Å²) in [7, 11) is 3.69. The van der Waals surface area contributed by atoms with E-state index in [9.17, 15) is 0 Å². The Balaban J connectivity index is 1.57. The van der Waals surface area contributed by atoms with Crippen LogP contribution in [0.2, 0.25) is 25.7 Å². The van der Waals surface area contributed by atoms with Crippen molar-refractivity contribution >= 4 is 30.1 Å². The molecule has 0 unspecified atom stereocenters. The van der Waals surface area contributed by atoms with E-state index in [0.29, 0.717) is 31.7 Å². The molecule has 1 aliphatic carbocycles. The van der Waals surface area contributed by atoms with E-state index in [1.54, 1.807) is 34.0 Å². The summed E-state index contributed by atoms with van der Waals surface area (Å²) in [5.41, 5.74) is 5.17. The van der Waals surface area contributed by atoms with Gasteiger partial charge in [0.25, 0.3) is 0 Å². The minimum atomic E-state index is -1.26. The monoisotopic (exact) mass is 587 g/mol. The molecule has 5 aromatic rings. The van der Waals surface area contributed by atoms with Crippen LogP contribution in [0, 0.1) is 0 Å². The second-order valence-corrected chi connectivity index (χ2v) is 17.5. The highest BCUT2D eigenvalue weighted by Gasteiger charge is 2.34. The number of nitrogens with zero attached hydrogens (tertiary/aromatic N) is 7. The van der Waals surface area contributed by atoms with Crippen molar-refractivity contribution in [1.29, 1.82) is 0 Å².